The minimum Gasteiger partial charge on any atom is -0.377 e. The van der Waals surface area contributed by atoms with Gasteiger partial charge in [-0.3, -0.25) is 0 Å². The summed E-state index contributed by atoms with van der Waals surface area (Å²) >= 11 is 0. The van der Waals surface area contributed by atoms with E-state index >= 15 is 0 Å². The number of imidazole rings is 1. The summed E-state index contributed by atoms with van der Waals surface area (Å²) in [5.41, 5.74) is 2.30. The number of hydrogen-bond donors (Lipinski definition) is 2. The van der Waals surface area contributed by atoms with Gasteiger partial charge in [0.15, 0.2) is 5.96 Å². The van der Waals surface area contributed by atoms with E-state index in [4.69, 9.17) is 14.7 Å². The average Bonchev–Trinajstić information content (AvgIpc) is 2.99. The van der Waals surface area contributed by atoms with Gasteiger partial charge in [-0.15, -0.1) is 0 Å². The first-order chi connectivity index (χ1) is 13.4. The van der Waals surface area contributed by atoms with Crippen molar-refractivity contribution < 1.29 is 4.74 Å². The molecule has 2 heterocycles. The van der Waals surface area contributed by atoms with Crippen LogP contribution in [0.5, 0.6) is 0 Å². The normalized spacial score (nSPS) is 21.1. The van der Waals surface area contributed by atoms with Crippen molar-refractivity contribution in [3.8, 4) is 0 Å². The highest BCUT2D eigenvalue weighted by Gasteiger charge is 2.35. The lowest BCUT2D eigenvalue weighted by atomic mass is 9.78. The van der Waals surface area contributed by atoms with E-state index < -0.39 is 0 Å². The van der Waals surface area contributed by atoms with Crippen molar-refractivity contribution in [3.63, 3.8) is 0 Å². The van der Waals surface area contributed by atoms with Gasteiger partial charge in [-0.1, -0.05) is 32.9 Å². The summed E-state index contributed by atoms with van der Waals surface area (Å²) < 4.78 is 8.23. The fourth-order valence-electron chi connectivity index (χ4n) is 4.07. The standard InChI is InChI=1S/C22H35N5O/c1-6-23-21(24-14-16-10-9-13-28-20(16)22(2,3)4)25-15-19-26-17-11-7-8-12-18(17)27(19)5/h7-8,11-12,16,20H,6,9-10,13-15H2,1-5H3,(H2,23,24,25). The SMILES string of the molecule is CCNC(=NCc1nc2ccccc2n1C)NCC1CCCOC1C(C)(C)C. The van der Waals surface area contributed by atoms with Crippen LogP contribution in [0.2, 0.25) is 0 Å². The molecule has 1 fully saturated rings. The van der Waals surface area contributed by atoms with E-state index in [-0.39, 0.29) is 11.5 Å². The Hall–Kier alpha value is -2.08. The number of rotatable bonds is 5. The van der Waals surface area contributed by atoms with Gasteiger partial charge in [-0.2, -0.15) is 0 Å². The first-order valence-electron chi connectivity index (χ1n) is 10.4. The van der Waals surface area contributed by atoms with E-state index in [1.165, 1.54) is 6.42 Å². The molecule has 2 atom stereocenters. The number of aryl methyl sites for hydroxylation is 1. The largest absolute Gasteiger partial charge is 0.377 e. The minimum atomic E-state index is 0.148. The fraction of sp³-hybridized carbons (Fsp3) is 0.636. The number of guanidine groups is 1. The van der Waals surface area contributed by atoms with Crippen LogP contribution in [0.15, 0.2) is 29.3 Å². The third kappa shape index (κ3) is 4.85. The molecule has 1 aliphatic rings. The van der Waals surface area contributed by atoms with Gasteiger partial charge in [0.1, 0.15) is 12.4 Å². The third-order valence-electron chi connectivity index (χ3n) is 5.43. The molecule has 0 amide bonds. The van der Waals surface area contributed by atoms with Crippen molar-refractivity contribution in [1.29, 1.82) is 0 Å². The molecule has 0 bridgehead atoms. The van der Waals surface area contributed by atoms with Gasteiger partial charge in [0.2, 0.25) is 0 Å². The molecule has 6 nitrogen and oxygen atoms in total. The van der Waals surface area contributed by atoms with Gasteiger partial charge < -0.3 is 19.9 Å². The Morgan fingerprint density at radius 2 is 2.07 bits per heavy atom. The Morgan fingerprint density at radius 3 is 2.79 bits per heavy atom. The van der Waals surface area contributed by atoms with Crippen molar-refractivity contribution in [3.05, 3.63) is 30.1 Å². The molecule has 1 aliphatic heterocycles. The van der Waals surface area contributed by atoms with E-state index in [2.05, 4.69) is 49.0 Å². The van der Waals surface area contributed by atoms with Crippen molar-refractivity contribution >= 4 is 17.0 Å². The molecule has 3 rings (SSSR count). The smallest absolute Gasteiger partial charge is 0.191 e. The molecule has 2 unspecified atom stereocenters. The first kappa shape index (κ1) is 20.6. The lowest BCUT2D eigenvalue weighted by Crippen LogP contribution is -2.47. The van der Waals surface area contributed by atoms with Gasteiger partial charge in [0.25, 0.3) is 0 Å². The zero-order valence-corrected chi connectivity index (χ0v) is 18.0. The highest BCUT2D eigenvalue weighted by Crippen LogP contribution is 2.33. The molecule has 0 spiro atoms. The van der Waals surface area contributed by atoms with Crippen LogP contribution in [0.25, 0.3) is 11.0 Å². The van der Waals surface area contributed by atoms with Crippen molar-refractivity contribution in [2.24, 2.45) is 23.4 Å². The highest BCUT2D eigenvalue weighted by molar-refractivity contribution is 5.80. The number of benzene rings is 1. The summed E-state index contributed by atoms with van der Waals surface area (Å²) in [4.78, 5) is 9.50. The second-order valence-corrected chi connectivity index (χ2v) is 8.71. The molecule has 2 N–H and O–H groups in total. The molecule has 0 radical (unpaired) electrons. The van der Waals surface area contributed by atoms with Gasteiger partial charge in [0.05, 0.1) is 17.1 Å². The number of ether oxygens (including phenoxy) is 1. The van der Waals surface area contributed by atoms with Gasteiger partial charge in [-0.25, -0.2) is 9.98 Å². The predicted molar refractivity (Wildman–Crippen MR) is 115 cm³/mol. The third-order valence-corrected chi connectivity index (χ3v) is 5.43. The van der Waals surface area contributed by atoms with Crippen molar-refractivity contribution in [1.82, 2.24) is 20.2 Å². The van der Waals surface area contributed by atoms with Crippen molar-refractivity contribution in [2.75, 3.05) is 19.7 Å². The van der Waals surface area contributed by atoms with E-state index in [0.717, 1.165) is 48.9 Å². The van der Waals surface area contributed by atoms with Crippen LogP contribution in [0.4, 0.5) is 0 Å². The summed E-state index contributed by atoms with van der Waals surface area (Å²) in [6.07, 6.45) is 2.60. The van der Waals surface area contributed by atoms with Crippen molar-refractivity contribution in [2.45, 2.75) is 53.2 Å². The lowest BCUT2D eigenvalue weighted by Gasteiger charge is -2.40. The summed E-state index contributed by atoms with van der Waals surface area (Å²) in [5.74, 6) is 2.30. The number of aromatic nitrogens is 2. The molecule has 2 aromatic rings. The van der Waals surface area contributed by atoms with Crippen LogP contribution >= 0.6 is 0 Å². The molecule has 0 saturated carbocycles. The maximum absolute atomic E-state index is 6.11. The number of nitrogens with one attached hydrogen (secondary N) is 2. The van der Waals surface area contributed by atoms with Gasteiger partial charge in [-0.05, 0) is 37.3 Å². The van der Waals surface area contributed by atoms with Crippen LogP contribution in [-0.2, 0) is 18.3 Å². The summed E-state index contributed by atoms with van der Waals surface area (Å²) in [5, 5.41) is 6.90. The van der Waals surface area contributed by atoms with E-state index in [0.29, 0.717) is 12.5 Å². The molecule has 1 aromatic carbocycles. The van der Waals surface area contributed by atoms with Crippen LogP contribution in [0.1, 0.15) is 46.4 Å². The maximum atomic E-state index is 6.11. The average molecular weight is 386 g/mol. The Labute approximate surface area is 168 Å². The minimum absolute atomic E-state index is 0.148. The Balaban J connectivity index is 1.67. The van der Waals surface area contributed by atoms with Gasteiger partial charge >= 0.3 is 0 Å². The monoisotopic (exact) mass is 385 g/mol. The number of nitrogens with zero attached hydrogens (tertiary/aromatic N) is 3. The molecular formula is C22H35N5O. The van der Waals surface area contributed by atoms with E-state index in [1.54, 1.807) is 0 Å². The molecular weight excluding hydrogens is 350 g/mol. The molecule has 28 heavy (non-hydrogen) atoms. The van der Waals surface area contributed by atoms with Gasteiger partial charge in [0, 0.05) is 32.7 Å². The Kier molecular flexibility index (Phi) is 6.60. The maximum Gasteiger partial charge on any atom is 0.191 e. The van der Waals surface area contributed by atoms with Crippen LogP contribution in [0.3, 0.4) is 0 Å². The van der Waals surface area contributed by atoms with E-state index in [1.807, 2.05) is 25.2 Å². The lowest BCUT2D eigenvalue weighted by molar-refractivity contribution is -0.0835. The molecule has 1 aromatic heterocycles. The topological polar surface area (TPSA) is 63.5 Å². The zero-order chi connectivity index (χ0) is 20.1. The Morgan fingerprint density at radius 1 is 1.29 bits per heavy atom. The molecule has 6 heteroatoms. The number of para-hydroxylation sites is 2. The molecule has 154 valence electrons. The number of hydrogen-bond acceptors (Lipinski definition) is 3. The first-order valence-corrected chi connectivity index (χ1v) is 10.4. The van der Waals surface area contributed by atoms with Crippen LogP contribution < -0.4 is 10.6 Å². The van der Waals surface area contributed by atoms with E-state index in [9.17, 15) is 0 Å². The quantitative estimate of drug-likeness (QED) is 0.611. The molecule has 0 aliphatic carbocycles. The summed E-state index contributed by atoms with van der Waals surface area (Å²) in [7, 11) is 2.05. The second kappa shape index (κ2) is 8.95. The zero-order valence-electron chi connectivity index (χ0n) is 18.0. The second-order valence-electron chi connectivity index (χ2n) is 8.71. The Bertz CT molecular complexity index is 805. The summed E-state index contributed by atoms with van der Waals surface area (Å²) in [6.45, 7) is 12.0. The highest BCUT2D eigenvalue weighted by atomic mass is 16.5. The predicted octanol–water partition coefficient (Wildman–Crippen LogP) is 3.47. The fourth-order valence-corrected chi connectivity index (χ4v) is 4.07. The summed E-state index contributed by atoms with van der Waals surface area (Å²) in [6, 6.07) is 8.20. The van der Waals surface area contributed by atoms with Crippen LogP contribution in [0, 0.1) is 11.3 Å². The number of fused-ring (bicyclic) bond motifs is 1. The molecule has 1 saturated heterocycles. The van der Waals surface area contributed by atoms with Crippen LogP contribution in [-0.4, -0.2) is 41.3 Å². The number of aliphatic imine (C=N–C) groups is 1.